The lowest BCUT2D eigenvalue weighted by atomic mass is 9.79. The second-order valence-corrected chi connectivity index (χ2v) is 6.51. The van der Waals surface area contributed by atoms with Crippen LogP contribution in [0, 0.1) is 28.4 Å². The molecule has 1 aromatic rings. The number of aryl methyl sites for hydroxylation is 1. The smallest absolute Gasteiger partial charge is 0.269 e. The van der Waals surface area contributed by atoms with Crippen molar-refractivity contribution >= 4 is 11.6 Å². The maximum atomic E-state index is 12.6. The van der Waals surface area contributed by atoms with Crippen molar-refractivity contribution in [3.05, 3.63) is 39.4 Å². The van der Waals surface area contributed by atoms with Crippen molar-refractivity contribution in [2.24, 2.45) is 0 Å². The van der Waals surface area contributed by atoms with Gasteiger partial charge in [0.15, 0.2) is 5.79 Å². The molecular weight excluding hydrogens is 326 g/mol. The quantitative estimate of drug-likeness (QED) is 0.663. The highest BCUT2D eigenvalue weighted by Crippen LogP contribution is 2.40. The van der Waals surface area contributed by atoms with E-state index in [9.17, 15) is 20.2 Å². The Hall–Kier alpha value is -2.50. The van der Waals surface area contributed by atoms with Gasteiger partial charge in [-0.15, -0.1) is 0 Å². The van der Waals surface area contributed by atoms with Crippen LogP contribution in [0.3, 0.4) is 0 Å². The zero-order valence-electron chi connectivity index (χ0n) is 13.9. The topological polar surface area (TPSA) is 114 Å². The molecule has 2 fully saturated rings. The summed E-state index contributed by atoms with van der Waals surface area (Å²) in [4.78, 5) is 22.9. The first-order valence-electron chi connectivity index (χ1n) is 8.15. The normalized spacial score (nSPS) is 20.8. The number of nitro groups is 1. The molecule has 1 aromatic carbocycles. The fourth-order valence-corrected chi connectivity index (χ4v) is 3.41. The highest BCUT2D eigenvalue weighted by molar-refractivity contribution is 5.96. The SMILES string of the molecule is Cc1cc([N+](=O)[O-])ccc1C(=O)NC1(C#N)CCC2(CC1)OCCO2. The molecule has 8 heteroatoms. The van der Waals surface area contributed by atoms with Crippen molar-refractivity contribution in [3.63, 3.8) is 0 Å². The molecule has 0 bridgehead atoms. The summed E-state index contributed by atoms with van der Waals surface area (Å²) < 4.78 is 11.3. The van der Waals surface area contributed by atoms with Crippen molar-refractivity contribution in [1.82, 2.24) is 5.32 Å². The number of amides is 1. The molecule has 0 atom stereocenters. The number of hydrogen-bond acceptors (Lipinski definition) is 6. The molecule has 1 amide bonds. The van der Waals surface area contributed by atoms with Gasteiger partial charge in [-0.3, -0.25) is 14.9 Å². The van der Waals surface area contributed by atoms with Crippen LogP contribution in [-0.2, 0) is 9.47 Å². The molecule has 1 saturated heterocycles. The summed E-state index contributed by atoms with van der Waals surface area (Å²) in [6, 6.07) is 6.28. The van der Waals surface area contributed by atoms with Crippen LogP contribution in [0.1, 0.15) is 41.6 Å². The molecule has 3 rings (SSSR count). The predicted molar refractivity (Wildman–Crippen MR) is 86.7 cm³/mol. The van der Waals surface area contributed by atoms with Crippen LogP contribution in [0.25, 0.3) is 0 Å². The Labute approximate surface area is 144 Å². The number of nitriles is 1. The summed E-state index contributed by atoms with van der Waals surface area (Å²) in [7, 11) is 0. The number of benzene rings is 1. The first-order chi connectivity index (χ1) is 11.9. The van der Waals surface area contributed by atoms with Crippen LogP contribution >= 0.6 is 0 Å². The number of rotatable bonds is 3. The van der Waals surface area contributed by atoms with Gasteiger partial charge in [-0.25, -0.2) is 0 Å². The van der Waals surface area contributed by atoms with Crippen molar-refractivity contribution in [2.75, 3.05) is 13.2 Å². The predicted octanol–water partition coefficient (Wildman–Crippen LogP) is 2.21. The molecule has 0 unspecified atom stereocenters. The Morgan fingerprint density at radius 1 is 1.28 bits per heavy atom. The molecule has 1 aliphatic carbocycles. The largest absolute Gasteiger partial charge is 0.348 e. The molecule has 25 heavy (non-hydrogen) atoms. The second-order valence-electron chi connectivity index (χ2n) is 6.51. The van der Waals surface area contributed by atoms with Gasteiger partial charge in [-0.05, 0) is 31.4 Å². The van der Waals surface area contributed by atoms with Crippen LogP contribution in [0.15, 0.2) is 18.2 Å². The maximum absolute atomic E-state index is 12.6. The highest BCUT2D eigenvalue weighted by Gasteiger charge is 2.47. The Balaban J connectivity index is 1.73. The minimum atomic E-state index is -0.980. The summed E-state index contributed by atoms with van der Waals surface area (Å²) in [6.45, 7) is 2.73. The van der Waals surface area contributed by atoms with Gasteiger partial charge in [0.2, 0.25) is 0 Å². The van der Waals surface area contributed by atoms with Crippen LogP contribution < -0.4 is 5.32 Å². The van der Waals surface area contributed by atoms with Gasteiger partial charge in [0, 0.05) is 30.5 Å². The van der Waals surface area contributed by atoms with E-state index in [2.05, 4.69) is 11.4 Å². The van der Waals surface area contributed by atoms with E-state index in [1.54, 1.807) is 6.92 Å². The van der Waals surface area contributed by atoms with Gasteiger partial charge in [0.05, 0.1) is 24.2 Å². The lowest BCUT2D eigenvalue weighted by molar-refractivity contribution is -0.384. The average molecular weight is 345 g/mol. The van der Waals surface area contributed by atoms with E-state index >= 15 is 0 Å². The summed E-state index contributed by atoms with van der Waals surface area (Å²) in [5, 5.41) is 23.2. The standard InChI is InChI=1S/C17H19N3O5/c1-12-10-13(20(22)23)2-3-14(12)15(21)19-16(11-18)4-6-17(7-5-16)24-8-9-25-17/h2-3,10H,4-9H2,1H3,(H,19,21). The van der Waals surface area contributed by atoms with E-state index < -0.39 is 22.2 Å². The first-order valence-corrected chi connectivity index (χ1v) is 8.15. The number of nitrogens with zero attached hydrogens (tertiary/aromatic N) is 2. The van der Waals surface area contributed by atoms with E-state index in [1.165, 1.54) is 18.2 Å². The van der Waals surface area contributed by atoms with Gasteiger partial charge in [-0.1, -0.05) is 0 Å². The molecule has 132 valence electrons. The number of carbonyl (C=O) groups excluding carboxylic acids is 1. The number of carbonyl (C=O) groups is 1. The van der Waals surface area contributed by atoms with Gasteiger partial charge in [0.25, 0.3) is 11.6 Å². The molecule has 1 aliphatic heterocycles. The Kier molecular flexibility index (Phi) is 4.45. The highest BCUT2D eigenvalue weighted by atomic mass is 16.7. The van der Waals surface area contributed by atoms with E-state index in [-0.39, 0.29) is 5.69 Å². The third kappa shape index (κ3) is 3.34. The van der Waals surface area contributed by atoms with Crippen LogP contribution in [0.2, 0.25) is 0 Å². The van der Waals surface area contributed by atoms with Crippen LogP contribution in [-0.4, -0.2) is 35.4 Å². The number of non-ortho nitro benzene ring substituents is 1. The fourth-order valence-electron chi connectivity index (χ4n) is 3.41. The van der Waals surface area contributed by atoms with E-state index in [0.29, 0.717) is 50.0 Å². The van der Waals surface area contributed by atoms with Gasteiger partial charge in [0.1, 0.15) is 5.54 Å². The van der Waals surface area contributed by atoms with E-state index in [1.807, 2.05) is 0 Å². The number of nitro benzene ring substituents is 1. The van der Waals surface area contributed by atoms with Crippen LogP contribution in [0.5, 0.6) is 0 Å². The molecule has 1 spiro atoms. The van der Waals surface area contributed by atoms with E-state index in [4.69, 9.17) is 9.47 Å². The first kappa shape index (κ1) is 17.3. The van der Waals surface area contributed by atoms with Crippen molar-refractivity contribution in [1.29, 1.82) is 5.26 Å². The molecule has 0 aromatic heterocycles. The van der Waals surface area contributed by atoms with Crippen LogP contribution in [0.4, 0.5) is 5.69 Å². The van der Waals surface area contributed by atoms with Crippen molar-refractivity contribution in [2.45, 2.75) is 43.9 Å². The molecule has 1 saturated carbocycles. The molecule has 0 radical (unpaired) electrons. The Bertz CT molecular complexity index is 739. The summed E-state index contributed by atoms with van der Waals surface area (Å²) in [5.41, 5.74) is -0.228. The monoisotopic (exact) mass is 345 g/mol. The molecule has 1 N–H and O–H groups in total. The zero-order valence-corrected chi connectivity index (χ0v) is 13.9. The third-order valence-electron chi connectivity index (χ3n) is 4.91. The molecule has 1 heterocycles. The van der Waals surface area contributed by atoms with E-state index in [0.717, 1.165) is 0 Å². The third-order valence-corrected chi connectivity index (χ3v) is 4.91. The lowest BCUT2D eigenvalue weighted by Gasteiger charge is -2.40. The number of ether oxygens (including phenoxy) is 2. The maximum Gasteiger partial charge on any atom is 0.269 e. The minimum absolute atomic E-state index is 0.0702. The lowest BCUT2D eigenvalue weighted by Crippen LogP contribution is -2.53. The summed E-state index contributed by atoms with van der Waals surface area (Å²) >= 11 is 0. The fraction of sp³-hybridized carbons (Fsp3) is 0.529. The molecule has 2 aliphatic rings. The Morgan fingerprint density at radius 3 is 2.44 bits per heavy atom. The average Bonchev–Trinajstić information content (AvgIpc) is 3.05. The summed E-state index contributed by atoms with van der Waals surface area (Å²) in [5.74, 6) is -1.02. The zero-order chi connectivity index (χ0) is 18.1. The minimum Gasteiger partial charge on any atom is -0.348 e. The number of nitrogens with one attached hydrogen (secondary N) is 1. The Morgan fingerprint density at radius 2 is 1.92 bits per heavy atom. The number of hydrogen-bond donors (Lipinski definition) is 1. The van der Waals surface area contributed by atoms with Crippen molar-refractivity contribution in [3.8, 4) is 6.07 Å². The second kappa shape index (κ2) is 6.43. The van der Waals surface area contributed by atoms with Crippen molar-refractivity contribution < 1.29 is 19.2 Å². The molecule has 8 nitrogen and oxygen atoms in total. The van der Waals surface area contributed by atoms with Gasteiger partial charge >= 0.3 is 0 Å². The van der Waals surface area contributed by atoms with Gasteiger partial charge in [-0.2, -0.15) is 5.26 Å². The summed E-state index contributed by atoms with van der Waals surface area (Å²) in [6.07, 6.45) is 1.95. The molecular formula is C17H19N3O5. The van der Waals surface area contributed by atoms with Gasteiger partial charge < -0.3 is 14.8 Å².